The summed E-state index contributed by atoms with van der Waals surface area (Å²) in [5.74, 6) is -1.45. The van der Waals surface area contributed by atoms with Gasteiger partial charge in [0.2, 0.25) is 5.91 Å². The van der Waals surface area contributed by atoms with E-state index in [9.17, 15) is 19.5 Å². The van der Waals surface area contributed by atoms with Crippen molar-refractivity contribution in [3.8, 4) is 5.75 Å². The van der Waals surface area contributed by atoms with Crippen molar-refractivity contribution < 1.29 is 29.0 Å². The Balaban J connectivity index is 1.60. The van der Waals surface area contributed by atoms with E-state index in [0.29, 0.717) is 38.3 Å². The van der Waals surface area contributed by atoms with Crippen molar-refractivity contribution >= 4 is 35.2 Å². The number of hydrogen-bond acceptors (Lipinski definition) is 7. The molecule has 1 unspecified atom stereocenters. The molecule has 204 valence electrons. The zero-order chi connectivity index (χ0) is 26.9. The second-order valence-corrected chi connectivity index (χ2v) is 12.4. The van der Waals surface area contributed by atoms with Crippen LogP contribution >= 0.6 is 11.8 Å². The van der Waals surface area contributed by atoms with Crippen LogP contribution in [0.4, 0.5) is 5.69 Å². The topological polar surface area (TPSA) is 96.4 Å². The fraction of sp³-hybridized carbons (Fsp3) is 0.552. The normalized spacial score (nSPS) is 33.8. The summed E-state index contributed by atoms with van der Waals surface area (Å²) in [4.78, 5) is 45.6. The number of allylic oxidation sites excluding steroid dienone is 1. The molecule has 4 heterocycles. The van der Waals surface area contributed by atoms with Crippen LogP contribution in [0, 0.1) is 11.8 Å². The van der Waals surface area contributed by atoms with Gasteiger partial charge >= 0.3 is 5.97 Å². The van der Waals surface area contributed by atoms with E-state index in [0.717, 1.165) is 24.9 Å². The van der Waals surface area contributed by atoms with Crippen LogP contribution in [0.2, 0.25) is 0 Å². The second-order valence-electron chi connectivity index (χ2n) is 10.6. The number of carbonyl (C=O) groups excluding carboxylic acids is 3. The number of ether oxygens (including phenoxy) is 2. The summed E-state index contributed by atoms with van der Waals surface area (Å²) in [6.07, 6.45) is 11.8. The minimum atomic E-state index is -0.911. The zero-order valence-corrected chi connectivity index (χ0v) is 22.8. The molecule has 0 bridgehead atoms. The molecule has 5 rings (SSSR count). The number of aliphatic hydroxyl groups is 1. The van der Waals surface area contributed by atoms with E-state index in [4.69, 9.17) is 9.47 Å². The number of carbonyl (C=O) groups is 3. The minimum Gasteiger partial charge on any atom is -0.497 e. The third kappa shape index (κ3) is 4.43. The van der Waals surface area contributed by atoms with Crippen LogP contribution in [0.15, 0.2) is 48.6 Å². The van der Waals surface area contributed by atoms with Crippen molar-refractivity contribution in [1.29, 1.82) is 0 Å². The molecule has 4 aliphatic heterocycles. The molecular weight excluding hydrogens is 504 g/mol. The Kier molecular flexibility index (Phi) is 7.60. The Morgan fingerprint density at radius 2 is 1.84 bits per heavy atom. The van der Waals surface area contributed by atoms with Gasteiger partial charge in [-0.15, -0.1) is 11.8 Å². The Labute approximate surface area is 228 Å². The molecule has 5 atom stereocenters. The lowest BCUT2D eigenvalue weighted by Crippen LogP contribution is -2.53. The summed E-state index contributed by atoms with van der Waals surface area (Å²) in [6, 6.07) is 6.54. The molecule has 2 amide bonds. The highest BCUT2D eigenvalue weighted by Crippen LogP contribution is 2.65. The van der Waals surface area contributed by atoms with Gasteiger partial charge in [0.1, 0.15) is 11.8 Å². The van der Waals surface area contributed by atoms with Gasteiger partial charge in [-0.25, -0.2) is 0 Å². The lowest BCUT2D eigenvalue weighted by Gasteiger charge is -2.37. The first kappa shape index (κ1) is 26.8. The lowest BCUT2D eigenvalue weighted by atomic mass is 9.74. The molecule has 1 N–H and O–H groups in total. The van der Waals surface area contributed by atoms with Gasteiger partial charge in [0.05, 0.1) is 30.3 Å². The highest BCUT2D eigenvalue weighted by Gasteiger charge is 2.73. The summed E-state index contributed by atoms with van der Waals surface area (Å²) in [5, 5.41) is 9.39. The van der Waals surface area contributed by atoms with Gasteiger partial charge in [0.25, 0.3) is 5.91 Å². The van der Waals surface area contributed by atoms with Crippen LogP contribution in [0.1, 0.15) is 39.0 Å². The number of benzene rings is 1. The Bertz CT molecular complexity index is 1140. The average Bonchev–Trinajstić information content (AvgIpc) is 3.23. The second kappa shape index (κ2) is 10.8. The van der Waals surface area contributed by atoms with Crippen molar-refractivity contribution in [3.63, 3.8) is 0 Å². The molecule has 4 aliphatic rings. The van der Waals surface area contributed by atoms with E-state index in [-0.39, 0.29) is 24.4 Å². The first-order valence-corrected chi connectivity index (χ1v) is 14.3. The predicted molar refractivity (Wildman–Crippen MR) is 146 cm³/mol. The van der Waals surface area contributed by atoms with Crippen molar-refractivity contribution in [1.82, 2.24) is 4.90 Å². The van der Waals surface area contributed by atoms with Gasteiger partial charge < -0.3 is 24.4 Å². The van der Waals surface area contributed by atoms with E-state index < -0.39 is 27.4 Å². The number of hydrogen-bond donors (Lipinski definition) is 1. The lowest BCUT2D eigenvalue weighted by molar-refractivity contribution is -0.154. The van der Waals surface area contributed by atoms with Crippen molar-refractivity contribution in [3.05, 3.63) is 48.6 Å². The SMILES string of the molecule is COc1ccc(N2CC=C[C@]34S[C@]5(C)/C=C\CCCCOC(=O)[C@@H]5[C@H]3C(=O)N(CCCCO)C4C2=O)cc1. The van der Waals surface area contributed by atoms with Gasteiger partial charge in [0, 0.05) is 30.1 Å². The summed E-state index contributed by atoms with van der Waals surface area (Å²) >= 11 is 1.55. The highest BCUT2D eigenvalue weighted by molar-refractivity contribution is 8.02. The number of anilines is 1. The maximum Gasteiger partial charge on any atom is 0.311 e. The van der Waals surface area contributed by atoms with E-state index in [1.165, 1.54) is 0 Å². The van der Waals surface area contributed by atoms with Crippen LogP contribution in [0.3, 0.4) is 0 Å². The molecule has 0 radical (unpaired) electrons. The molecule has 38 heavy (non-hydrogen) atoms. The smallest absolute Gasteiger partial charge is 0.311 e. The number of amides is 2. The van der Waals surface area contributed by atoms with Gasteiger partial charge in [-0.2, -0.15) is 0 Å². The Hall–Kier alpha value is -2.78. The van der Waals surface area contributed by atoms with Crippen LogP contribution < -0.4 is 9.64 Å². The minimum absolute atomic E-state index is 0.0135. The quantitative estimate of drug-likeness (QED) is 0.336. The molecule has 1 aromatic rings. The summed E-state index contributed by atoms with van der Waals surface area (Å²) in [6.45, 7) is 3.05. The van der Waals surface area contributed by atoms with Crippen molar-refractivity contribution in [2.75, 3.05) is 38.3 Å². The number of cyclic esters (lactones) is 1. The molecule has 0 saturated carbocycles. The fourth-order valence-electron chi connectivity index (χ4n) is 6.43. The molecule has 2 saturated heterocycles. The number of methoxy groups -OCH3 is 1. The largest absolute Gasteiger partial charge is 0.497 e. The zero-order valence-electron chi connectivity index (χ0n) is 22.0. The van der Waals surface area contributed by atoms with Gasteiger partial charge in [0.15, 0.2) is 0 Å². The maximum absolute atomic E-state index is 14.4. The standard InChI is InChI=1S/C29H36N2O6S/c1-28-14-5-3-4-8-19-37-27(35)23(28)22-25(33)31(16-6-7-18-32)24-26(34)30(17-9-15-29(22,24)38-28)20-10-12-21(36-2)13-11-20/h5,9-15,22-24,32H,3-4,6-8,16-19H2,1-2H3/b14-5-/t22-,23-,24?,28+,29-/m0/s1. The molecule has 9 heteroatoms. The molecule has 1 aromatic carbocycles. The molecule has 0 aromatic heterocycles. The monoisotopic (exact) mass is 540 g/mol. The summed E-state index contributed by atoms with van der Waals surface area (Å²) in [7, 11) is 1.60. The Morgan fingerprint density at radius 1 is 1.05 bits per heavy atom. The Morgan fingerprint density at radius 3 is 2.58 bits per heavy atom. The fourth-order valence-corrected chi connectivity index (χ4v) is 8.58. The predicted octanol–water partition coefficient (Wildman–Crippen LogP) is 3.34. The number of esters is 1. The van der Waals surface area contributed by atoms with Gasteiger partial charge in [-0.05, 0) is 63.3 Å². The molecule has 2 fully saturated rings. The number of likely N-dealkylation sites (tertiary alicyclic amines) is 1. The maximum atomic E-state index is 14.4. The molecule has 8 nitrogen and oxygen atoms in total. The van der Waals surface area contributed by atoms with E-state index in [2.05, 4.69) is 12.2 Å². The molecular formula is C29H36N2O6S. The highest BCUT2D eigenvalue weighted by atomic mass is 32.2. The first-order chi connectivity index (χ1) is 18.4. The van der Waals surface area contributed by atoms with Crippen LogP contribution in [-0.4, -0.2) is 76.7 Å². The van der Waals surface area contributed by atoms with E-state index >= 15 is 0 Å². The summed E-state index contributed by atoms with van der Waals surface area (Å²) < 4.78 is 9.40. The average molecular weight is 541 g/mol. The summed E-state index contributed by atoms with van der Waals surface area (Å²) in [5.41, 5.74) is 0.719. The number of aliphatic hydroxyl groups excluding tert-OH is 1. The van der Waals surface area contributed by atoms with Crippen LogP contribution in [0.25, 0.3) is 0 Å². The first-order valence-electron chi connectivity index (χ1n) is 13.5. The number of nitrogens with zero attached hydrogens (tertiary/aromatic N) is 2. The van der Waals surface area contributed by atoms with Crippen molar-refractivity contribution in [2.45, 2.75) is 54.6 Å². The molecule has 0 aliphatic carbocycles. The van der Waals surface area contributed by atoms with Crippen LogP contribution in [0.5, 0.6) is 5.75 Å². The number of fused-ring (bicyclic) bond motifs is 2. The number of unbranched alkanes of at least 4 members (excludes halogenated alkanes) is 1. The van der Waals surface area contributed by atoms with Crippen molar-refractivity contribution in [2.24, 2.45) is 11.8 Å². The van der Waals surface area contributed by atoms with Gasteiger partial charge in [-0.1, -0.05) is 24.3 Å². The third-order valence-corrected chi connectivity index (χ3v) is 9.99. The third-order valence-electron chi connectivity index (χ3n) is 8.19. The van der Waals surface area contributed by atoms with E-state index in [1.54, 1.807) is 28.7 Å². The molecule has 1 spiro atoms. The van der Waals surface area contributed by atoms with E-state index in [1.807, 2.05) is 43.3 Å². The van der Waals surface area contributed by atoms with Crippen LogP contribution in [-0.2, 0) is 19.1 Å². The van der Waals surface area contributed by atoms with Gasteiger partial charge in [-0.3, -0.25) is 14.4 Å². The number of thioether (sulfide) groups is 1. The number of rotatable bonds is 6.